The standard InChI is InChI=1S/C15H30N4/c1-11(2)10-14-17-15(19(5)18-14)7-6-13(8-9-16)12(3)4/h11-13H,6-10,16H2,1-5H3. The minimum Gasteiger partial charge on any atom is -0.330 e. The molecule has 0 aliphatic rings. The lowest BCUT2D eigenvalue weighted by atomic mass is 9.88. The summed E-state index contributed by atoms with van der Waals surface area (Å²) in [5, 5.41) is 4.50. The van der Waals surface area contributed by atoms with E-state index in [0.29, 0.717) is 17.8 Å². The maximum absolute atomic E-state index is 5.69. The number of hydrogen-bond donors (Lipinski definition) is 1. The topological polar surface area (TPSA) is 56.7 Å². The van der Waals surface area contributed by atoms with Crippen LogP contribution in [0.15, 0.2) is 0 Å². The van der Waals surface area contributed by atoms with Gasteiger partial charge in [-0.1, -0.05) is 27.7 Å². The SMILES string of the molecule is CC(C)Cc1nc(CCC(CCN)C(C)C)n(C)n1. The van der Waals surface area contributed by atoms with Gasteiger partial charge >= 0.3 is 0 Å². The third-order valence-electron chi connectivity index (χ3n) is 3.71. The molecule has 1 aromatic rings. The molecular formula is C15H30N4. The predicted octanol–water partition coefficient (Wildman–Crippen LogP) is 2.57. The lowest BCUT2D eigenvalue weighted by molar-refractivity contribution is 0.337. The molecule has 19 heavy (non-hydrogen) atoms. The van der Waals surface area contributed by atoms with E-state index in [4.69, 9.17) is 5.73 Å². The Bertz CT molecular complexity index is 368. The van der Waals surface area contributed by atoms with Crippen LogP contribution in [0, 0.1) is 17.8 Å². The molecule has 1 atom stereocenters. The largest absolute Gasteiger partial charge is 0.330 e. The fourth-order valence-corrected chi connectivity index (χ4v) is 2.48. The van der Waals surface area contributed by atoms with Crippen molar-refractivity contribution in [3.8, 4) is 0 Å². The quantitative estimate of drug-likeness (QED) is 0.786. The molecule has 0 spiro atoms. The molecule has 0 aromatic carbocycles. The number of aromatic nitrogens is 3. The molecule has 2 N–H and O–H groups in total. The molecule has 0 fully saturated rings. The van der Waals surface area contributed by atoms with E-state index in [9.17, 15) is 0 Å². The summed E-state index contributed by atoms with van der Waals surface area (Å²) >= 11 is 0. The number of rotatable bonds is 8. The number of hydrogen-bond acceptors (Lipinski definition) is 3. The third kappa shape index (κ3) is 5.31. The fourth-order valence-electron chi connectivity index (χ4n) is 2.48. The van der Waals surface area contributed by atoms with Gasteiger partial charge < -0.3 is 5.73 Å². The zero-order valence-electron chi connectivity index (χ0n) is 13.2. The van der Waals surface area contributed by atoms with Crippen molar-refractivity contribution in [2.24, 2.45) is 30.5 Å². The van der Waals surface area contributed by atoms with Gasteiger partial charge in [-0.3, -0.25) is 4.68 Å². The van der Waals surface area contributed by atoms with Crippen LogP contribution in [-0.2, 0) is 19.9 Å². The first-order valence-corrected chi connectivity index (χ1v) is 7.52. The summed E-state index contributed by atoms with van der Waals surface area (Å²) in [7, 11) is 2.00. The van der Waals surface area contributed by atoms with Crippen molar-refractivity contribution in [1.82, 2.24) is 14.8 Å². The van der Waals surface area contributed by atoms with Crippen LogP contribution >= 0.6 is 0 Å². The van der Waals surface area contributed by atoms with Gasteiger partial charge in [0.05, 0.1) is 0 Å². The van der Waals surface area contributed by atoms with Crippen molar-refractivity contribution in [3.63, 3.8) is 0 Å². The molecule has 1 rings (SSSR count). The van der Waals surface area contributed by atoms with Crippen molar-refractivity contribution in [2.75, 3.05) is 6.54 Å². The molecule has 0 bridgehead atoms. The van der Waals surface area contributed by atoms with E-state index < -0.39 is 0 Å². The smallest absolute Gasteiger partial charge is 0.151 e. The highest BCUT2D eigenvalue weighted by Gasteiger charge is 2.15. The summed E-state index contributed by atoms with van der Waals surface area (Å²) in [5.41, 5.74) is 5.69. The van der Waals surface area contributed by atoms with Crippen molar-refractivity contribution in [3.05, 3.63) is 11.6 Å². The average Bonchev–Trinajstić information content (AvgIpc) is 2.63. The number of nitrogens with zero attached hydrogens (tertiary/aromatic N) is 3. The maximum Gasteiger partial charge on any atom is 0.151 e. The van der Waals surface area contributed by atoms with Gasteiger partial charge in [0.2, 0.25) is 0 Å². The van der Waals surface area contributed by atoms with Crippen molar-refractivity contribution in [2.45, 2.75) is 53.4 Å². The van der Waals surface area contributed by atoms with Gasteiger partial charge in [-0.15, -0.1) is 0 Å². The maximum atomic E-state index is 5.69. The molecule has 0 saturated heterocycles. The van der Waals surface area contributed by atoms with Crippen molar-refractivity contribution in [1.29, 1.82) is 0 Å². The second-order valence-corrected chi connectivity index (χ2v) is 6.29. The third-order valence-corrected chi connectivity index (χ3v) is 3.71. The van der Waals surface area contributed by atoms with Gasteiger partial charge in [-0.25, -0.2) is 4.98 Å². The van der Waals surface area contributed by atoms with E-state index in [1.165, 1.54) is 0 Å². The van der Waals surface area contributed by atoms with Crippen molar-refractivity contribution >= 4 is 0 Å². The zero-order chi connectivity index (χ0) is 14.4. The second kappa shape index (κ2) is 7.63. The fraction of sp³-hybridized carbons (Fsp3) is 0.867. The molecule has 4 nitrogen and oxygen atoms in total. The van der Waals surface area contributed by atoms with Crippen LogP contribution in [-0.4, -0.2) is 21.3 Å². The Labute approximate surface area is 117 Å². The van der Waals surface area contributed by atoms with E-state index >= 15 is 0 Å². The Morgan fingerprint density at radius 3 is 2.37 bits per heavy atom. The Kier molecular flexibility index (Phi) is 6.49. The first-order chi connectivity index (χ1) is 8.93. The summed E-state index contributed by atoms with van der Waals surface area (Å²) in [6.07, 6.45) is 4.23. The first kappa shape index (κ1) is 16.2. The highest BCUT2D eigenvalue weighted by Crippen LogP contribution is 2.20. The molecule has 1 aromatic heterocycles. The highest BCUT2D eigenvalue weighted by atomic mass is 15.3. The van der Waals surface area contributed by atoms with Crippen LogP contribution < -0.4 is 5.73 Å². The Balaban J connectivity index is 2.58. The number of aryl methyl sites for hydroxylation is 2. The van der Waals surface area contributed by atoms with Crippen molar-refractivity contribution < 1.29 is 0 Å². The van der Waals surface area contributed by atoms with Crippen LogP contribution in [0.4, 0.5) is 0 Å². The molecule has 1 heterocycles. The Morgan fingerprint density at radius 1 is 1.16 bits per heavy atom. The highest BCUT2D eigenvalue weighted by molar-refractivity contribution is 4.94. The normalized spacial score (nSPS) is 13.5. The molecular weight excluding hydrogens is 236 g/mol. The van der Waals surface area contributed by atoms with Crippen LogP contribution in [0.1, 0.15) is 52.2 Å². The number of nitrogens with two attached hydrogens (primary N) is 1. The van der Waals surface area contributed by atoms with Gasteiger partial charge in [-0.05, 0) is 37.1 Å². The monoisotopic (exact) mass is 266 g/mol. The first-order valence-electron chi connectivity index (χ1n) is 7.52. The second-order valence-electron chi connectivity index (χ2n) is 6.29. The molecule has 4 heteroatoms. The molecule has 0 amide bonds. The van der Waals surface area contributed by atoms with E-state index in [0.717, 1.165) is 43.9 Å². The Hall–Kier alpha value is -0.900. The van der Waals surface area contributed by atoms with Gasteiger partial charge in [0.15, 0.2) is 5.82 Å². The van der Waals surface area contributed by atoms with Crippen LogP contribution in [0.5, 0.6) is 0 Å². The summed E-state index contributed by atoms with van der Waals surface area (Å²) in [6.45, 7) is 9.74. The molecule has 0 aliphatic carbocycles. The summed E-state index contributed by atoms with van der Waals surface area (Å²) < 4.78 is 1.94. The van der Waals surface area contributed by atoms with E-state index in [1.807, 2.05) is 11.7 Å². The van der Waals surface area contributed by atoms with E-state index in [1.54, 1.807) is 0 Å². The molecule has 0 aliphatic heterocycles. The zero-order valence-corrected chi connectivity index (χ0v) is 13.2. The molecule has 1 unspecified atom stereocenters. The van der Waals surface area contributed by atoms with Crippen LogP contribution in [0.25, 0.3) is 0 Å². The van der Waals surface area contributed by atoms with Gasteiger partial charge in [0.25, 0.3) is 0 Å². The lowest BCUT2D eigenvalue weighted by Gasteiger charge is -2.19. The van der Waals surface area contributed by atoms with Crippen LogP contribution in [0.2, 0.25) is 0 Å². The van der Waals surface area contributed by atoms with Gasteiger partial charge in [0, 0.05) is 19.9 Å². The van der Waals surface area contributed by atoms with Crippen LogP contribution in [0.3, 0.4) is 0 Å². The summed E-state index contributed by atoms with van der Waals surface area (Å²) in [4.78, 5) is 4.66. The van der Waals surface area contributed by atoms with E-state index in [-0.39, 0.29) is 0 Å². The molecule has 0 radical (unpaired) electrons. The average molecular weight is 266 g/mol. The predicted molar refractivity (Wildman–Crippen MR) is 79.9 cm³/mol. The minimum atomic E-state index is 0.607. The minimum absolute atomic E-state index is 0.607. The Morgan fingerprint density at radius 2 is 1.84 bits per heavy atom. The summed E-state index contributed by atoms with van der Waals surface area (Å²) in [5.74, 6) is 4.07. The van der Waals surface area contributed by atoms with Gasteiger partial charge in [-0.2, -0.15) is 5.10 Å². The molecule has 0 saturated carbocycles. The van der Waals surface area contributed by atoms with E-state index in [2.05, 4.69) is 37.8 Å². The lowest BCUT2D eigenvalue weighted by Crippen LogP contribution is -2.16. The van der Waals surface area contributed by atoms with Gasteiger partial charge in [0.1, 0.15) is 5.82 Å². The molecule has 110 valence electrons. The summed E-state index contributed by atoms with van der Waals surface area (Å²) in [6, 6.07) is 0.